The normalized spacial score (nSPS) is 12.2. The minimum absolute atomic E-state index is 0.0697. The first-order valence-corrected chi connectivity index (χ1v) is 10.1. The Labute approximate surface area is 179 Å². The van der Waals surface area contributed by atoms with Gasteiger partial charge in [-0.1, -0.05) is 32.9 Å². The summed E-state index contributed by atoms with van der Waals surface area (Å²) in [5, 5.41) is 9.37. The van der Waals surface area contributed by atoms with Crippen molar-refractivity contribution >= 4 is 11.9 Å². The molecule has 164 valence electrons. The molecule has 8 heteroatoms. The van der Waals surface area contributed by atoms with Crippen LogP contribution in [0.5, 0.6) is 0 Å². The van der Waals surface area contributed by atoms with Gasteiger partial charge in [0.05, 0.1) is 12.7 Å². The molecule has 0 saturated heterocycles. The molecule has 1 aromatic heterocycles. The Morgan fingerprint density at radius 3 is 2.53 bits per heavy atom. The van der Waals surface area contributed by atoms with Crippen LogP contribution in [0.4, 0.5) is 0 Å². The lowest BCUT2D eigenvalue weighted by Crippen LogP contribution is -2.36. The summed E-state index contributed by atoms with van der Waals surface area (Å²) in [6.07, 6.45) is 1.77. The third kappa shape index (κ3) is 7.51. The summed E-state index contributed by atoms with van der Waals surface area (Å²) in [6, 6.07) is 7.56. The molecule has 0 radical (unpaired) electrons. The molecule has 1 aromatic carbocycles. The lowest BCUT2D eigenvalue weighted by Gasteiger charge is -2.14. The summed E-state index contributed by atoms with van der Waals surface area (Å²) >= 11 is 0. The van der Waals surface area contributed by atoms with E-state index in [4.69, 9.17) is 4.42 Å². The van der Waals surface area contributed by atoms with Crippen molar-refractivity contribution in [3.63, 3.8) is 0 Å². The Morgan fingerprint density at radius 1 is 1.17 bits per heavy atom. The van der Waals surface area contributed by atoms with Crippen molar-refractivity contribution in [1.29, 1.82) is 0 Å². The van der Waals surface area contributed by atoms with Crippen molar-refractivity contribution in [3.05, 3.63) is 53.2 Å². The highest BCUT2D eigenvalue weighted by molar-refractivity contribution is 5.94. The van der Waals surface area contributed by atoms with Crippen LogP contribution in [0, 0.1) is 0 Å². The summed E-state index contributed by atoms with van der Waals surface area (Å²) in [4.78, 5) is 22.9. The summed E-state index contributed by atoms with van der Waals surface area (Å²) in [7, 11) is 5.66. The third-order valence-corrected chi connectivity index (χ3v) is 4.42. The number of nitrogens with one attached hydrogen (secondary N) is 3. The molecule has 0 aliphatic carbocycles. The first-order valence-electron chi connectivity index (χ1n) is 10.1. The number of nitrogens with zero attached hydrogens (tertiary/aromatic N) is 3. The Hall–Kier alpha value is -2.87. The van der Waals surface area contributed by atoms with Crippen molar-refractivity contribution in [2.75, 3.05) is 34.2 Å². The van der Waals surface area contributed by atoms with E-state index in [0.29, 0.717) is 37.0 Å². The number of hydrogen-bond donors (Lipinski definition) is 3. The second-order valence-corrected chi connectivity index (χ2v) is 8.41. The van der Waals surface area contributed by atoms with Crippen molar-refractivity contribution in [3.8, 4) is 0 Å². The van der Waals surface area contributed by atoms with Gasteiger partial charge in [0.15, 0.2) is 5.96 Å². The van der Waals surface area contributed by atoms with Crippen LogP contribution in [0.15, 0.2) is 39.9 Å². The molecule has 8 nitrogen and oxygen atoms in total. The average Bonchev–Trinajstić information content (AvgIpc) is 3.17. The molecule has 0 spiro atoms. The van der Waals surface area contributed by atoms with Gasteiger partial charge in [-0.05, 0) is 31.8 Å². The molecule has 1 heterocycles. The predicted octanol–water partition coefficient (Wildman–Crippen LogP) is 2.13. The molecule has 0 saturated carbocycles. The van der Waals surface area contributed by atoms with Gasteiger partial charge in [0, 0.05) is 37.7 Å². The van der Waals surface area contributed by atoms with E-state index < -0.39 is 0 Å². The molecule has 3 N–H and O–H groups in total. The smallest absolute Gasteiger partial charge is 0.251 e. The van der Waals surface area contributed by atoms with Crippen LogP contribution in [-0.2, 0) is 18.5 Å². The van der Waals surface area contributed by atoms with Crippen LogP contribution in [0.3, 0.4) is 0 Å². The van der Waals surface area contributed by atoms with Gasteiger partial charge in [-0.25, -0.2) is 4.98 Å². The van der Waals surface area contributed by atoms with Gasteiger partial charge in [-0.3, -0.25) is 9.79 Å². The van der Waals surface area contributed by atoms with Gasteiger partial charge >= 0.3 is 0 Å². The SMILES string of the molecule is CN=C(NCc1cccc(C(=O)NCCN(C)C)c1)NCc1ncc(C(C)(C)C)o1. The van der Waals surface area contributed by atoms with Crippen LogP contribution in [0.2, 0.25) is 0 Å². The fraction of sp³-hybridized carbons (Fsp3) is 0.500. The molecule has 0 unspecified atom stereocenters. The van der Waals surface area contributed by atoms with Crippen LogP contribution < -0.4 is 16.0 Å². The Balaban J connectivity index is 1.86. The number of aliphatic imine (C=N–C) groups is 1. The van der Waals surface area contributed by atoms with Gasteiger partial charge in [0.2, 0.25) is 5.89 Å². The third-order valence-electron chi connectivity index (χ3n) is 4.42. The number of hydrogen-bond acceptors (Lipinski definition) is 5. The summed E-state index contributed by atoms with van der Waals surface area (Å²) < 4.78 is 5.79. The van der Waals surface area contributed by atoms with Crippen molar-refractivity contribution < 1.29 is 9.21 Å². The molecule has 30 heavy (non-hydrogen) atoms. The van der Waals surface area contributed by atoms with Crippen LogP contribution >= 0.6 is 0 Å². The van der Waals surface area contributed by atoms with Crippen molar-refractivity contribution in [1.82, 2.24) is 25.8 Å². The maximum Gasteiger partial charge on any atom is 0.251 e. The van der Waals surface area contributed by atoms with Crippen molar-refractivity contribution in [2.45, 2.75) is 39.3 Å². The molecule has 1 amide bonds. The summed E-state index contributed by atoms with van der Waals surface area (Å²) in [5.41, 5.74) is 1.56. The number of benzene rings is 1. The average molecular weight is 415 g/mol. The highest BCUT2D eigenvalue weighted by Gasteiger charge is 2.19. The van der Waals surface area contributed by atoms with E-state index in [-0.39, 0.29) is 11.3 Å². The highest BCUT2D eigenvalue weighted by Crippen LogP contribution is 2.22. The van der Waals surface area contributed by atoms with E-state index in [0.717, 1.165) is 17.9 Å². The molecule has 0 aliphatic rings. The highest BCUT2D eigenvalue weighted by atomic mass is 16.4. The molecular formula is C22H34N6O2. The van der Waals surface area contributed by atoms with E-state index in [1.807, 2.05) is 43.3 Å². The Morgan fingerprint density at radius 2 is 1.90 bits per heavy atom. The first kappa shape index (κ1) is 23.4. The van der Waals surface area contributed by atoms with Gasteiger partial charge in [0.25, 0.3) is 5.91 Å². The summed E-state index contributed by atoms with van der Waals surface area (Å²) in [5.74, 6) is 2.02. The second-order valence-electron chi connectivity index (χ2n) is 8.41. The number of carbonyl (C=O) groups is 1. The lowest BCUT2D eigenvalue weighted by atomic mass is 9.94. The molecule has 2 rings (SSSR count). The number of likely N-dealkylation sites (N-methyl/N-ethyl adjacent to an activating group) is 1. The standard InChI is InChI=1S/C22H34N6O2/c1-22(2,3)18-14-25-19(30-18)15-27-21(23-4)26-13-16-8-7-9-17(12-16)20(29)24-10-11-28(5)6/h7-9,12,14H,10-11,13,15H2,1-6H3,(H,24,29)(H2,23,26,27). The maximum absolute atomic E-state index is 12.3. The van der Waals surface area contributed by atoms with E-state index in [1.165, 1.54) is 0 Å². The largest absolute Gasteiger partial charge is 0.443 e. The van der Waals surface area contributed by atoms with Gasteiger partial charge in [-0.15, -0.1) is 0 Å². The van der Waals surface area contributed by atoms with Gasteiger partial charge in [-0.2, -0.15) is 0 Å². The molecule has 2 aromatic rings. The maximum atomic E-state index is 12.3. The predicted molar refractivity (Wildman–Crippen MR) is 120 cm³/mol. The topological polar surface area (TPSA) is 94.8 Å². The first-order chi connectivity index (χ1) is 14.2. The fourth-order valence-corrected chi connectivity index (χ4v) is 2.62. The Bertz CT molecular complexity index is 851. The van der Waals surface area contributed by atoms with E-state index in [1.54, 1.807) is 13.2 Å². The molecule has 0 aliphatic heterocycles. The molecule has 0 fully saturated rings. The van der Waals surface area contributed by atoms with E-state index in [9.17, 15) is 4.79 Å². The fourth-order valence-electron chi connectivity index (χ4n) is 2.62. The zero-order valence-corrected chi connectivity index (χ0v) is 18.9. The Kier molecular flexibility index (Phi) is 8.41. The van der Waals surface area contributed by atoms with E-state index in [2.05, 4.69) is 46.7 Å². The minimum atomic E-state index is -0.0745. The number of amides is 1. The van der Waals surface area contributed by atoms with Gasteiger partial charge in [0.1, 0.15) is 5.76 Å². The molecule has 0 atom stereocenters. The number of carbonyl (C=O) groups excluding carboxylic acids is 1. The van der Waals surface area contributed by atoms with Crippen LogP contribution in [-0.4, -0.2) is 56.0 Å². The number of rotatable bonds is 8. The van der Waals surface area contributed by atoms with Crippen LogP contribution in [0.25, 0.3) is 0 Å². The van der Waals surface area contributed by atoms with E-state index >= 15 is 0 Å². The number of oxazole rings is 1. The van der Waals surface area contributed by atoms with Gasteiger partial charge < -0.3 is 25.3 Å². The number of aromatic nitrogens is 1. The summed E-state index contributed by atoms with van der Waals surface area (Å²) in [6.45, 7) is 8.65. The molecular weight excluding hydrogens is 380 g/mol. The van der Waals surface area contributed by atoms with Crippen LogP contribution in [0.1, 0.15) is 48.3 Å². The molecule has 0 bridgehead atoms. The second kappa shape index (κ2) is 10.8. The van der Waals surface area contributed by atoms with Crippen molar-refractivity contribution in [2.24, 2.45) is 4.99 Å². The zero-order chi connectivity index (χ0) is 22.1. The quantitative estimate of drug-likeness (QED) is 0.453. The zero-order valence-electron chi connectivity index (χ0n) is 18.9. The lowest BCUT2D eigenvalue weighted by molar-refractivity contribution is 0.0951. The number of guanidine groups is 1. The monoisotopic (exact) mass is 414 g/mol. The minimum Gasteiger partial charge on any atom is -0.443 e.